The lowest BCUT2D eigenvalue weighted by Gasteiger charge is -2.28. The summed E-state index contributed by atoms with van der Waals surface area (Å²) in [6.07, 6.45) is 4.82. The van der Waals surface area contributed by atoms with Crippen LogP contribution in [0, 0.1) is 11.8 Å². The largest absolute Gasteiger partial charge is 0.465 e. The third-order valence-corrected chi connectivity index (χ3v) is 4.68. The quantitative estimate of drug-likeness (QED) is 0.727. The van der Waals surface area contributed by atoms with Crippen LogP contribution in [0.4, 0.5) is 0 Å². The first-order chi connectivity index (χ1) is 11.5. The second kappa shape index (κ2) is 8.86. The predicted molar refractivity (Wildman–Crippen MR) is 92.9 cm³/mol. The van der Waals surface area contributed by atoms with Crippen molar-refractivity contribution in [3.05, 3.63) is 35.4 Å². The molecule has 1 aromatic carbocycles. The van der Waals surface area contributed by atoms with Crippen LogP contribution in [0.25, 0.3) is 0 Å². The highest BCUT2D eigenvalue weighted by Gasteiger charge is 2.24. The number of carbonyl (C=O) groups is 2. The molecule has 24 heavy (non-hydrogen) atoms. The van der Waals surface area contributed by atoms with Crippen molar-refractivity contribution in [1.82, 2.24) is 0 Å². The van der Waals surface area contributed by atoms with Crippen molar-refractivity contribution >= 4 is 11.9 Å². The molecule has 0 spiro atoms. The maximum Gasteiger partial charge on any atom is 0.337 e. The molecule has 1 aromatic rings. The minimum Gasteiger partial charge on any atom is -0.465 e. The molecule has 0 saturated heterocycles. The molecule has 1 aliphatic carbocycles. The first kappa shape index (κ1) is 18.5. The summed E-state index contributed by atoms with van der Waals surface area (Å²) < 4.78 is 10.0. The van der Waals surface area contributed by atoms with Crippen molar-refractivity contribution in [2.45, 2.75) is 51.9 Å². The molecule has 0 aliphatic heterocycles. The van der Waals surface area contributed by atoms with E-state index >= 15 is 0 Å². The molecule has 0 heterocycles. The number of methoxy groups -OCH3 is 1. The molecule has 4 nitrogen and oxygen atoms in total. The Kier molecular flexibility index (Phi) is 6.83. The van der Waals surface area contributed by atoms with Crippen LogP contribution in [-0.2, 0) is 14.3 Å². The number of carbonyl (C=O) groups excluding carboxylic acids is 2. The van der Waals surface area contributed by atoms with E-state index in [1.807, 2.05) is 38.1 Å². The first-order valence-electron chi connectivity index (χ1n) is 8.83. The van der Waals surface area contributed by atoms with Gasteiger partial charge in [-0.25, -0.2) is 4.79 Å². The van der Waals surface area contributed by atoms with Gasteiger partial charge in [0.15, 0.2) is 0 Å². The topological polar surface area (TPSA) is 52.6 Å². The summed E-state index contributed by atoms with van der Waals surface area (Å²) in [5, 5.41) is 0. The van der Waals surface area contributed by atoms with Gasteiger partial charge < -0.3 is 9.47 Å². The summed E-state index contributed by atoms with van der Waals surface area (Å²) in [5.74, 6) is 0.979. The Morgan fingerprint density at radius 3 is 2.25 bits per heavy atom. The van der Waals surface area contributed by atoms with E-state index in [4.69, 9.17) is 9.47 Å². The molecule has 1 saturated carbocycles. The fourth-order valence-corrected chi connectivity index (χ4v) is 3.26. The Hall–Kier alpha value is -1.84. The fourth-order valence-electron chi connectivity index (χ4n) is 3.26. The molecule has 4 heteroatoms. The zero-order chi connectivity index (χ0) is 17.5. The van der Waals surface area contributed by atoms with Crippen molar-refractivity contribution in [1.29, 1.82) is 0 Å². The lowest BCUT2D eigenvalue weighted by Crippen LogP contribution is -2.19. The molecular formula is C20H28O4. The number of hydrogen-bond donors (Lipinski definition) is 0. The molecule has 1 fully saturated rings. The monoisotopic (exact) mass is 332 g/mol. The summed E-state index contributed by atoms with van der Waals surface area (Å²) >= 11 is 0. The summed E-state index contributed by atoms with van der Waals surface area (Å²) in [5.41, 5.74) is 1.85. The molecule has 132 valence electrons. The van der Waals surface area contributed by atoms with Crippen LogP contribution < -0.4 is 0 Å². The standard InChI is InChI=1S/C20H28O4/c1-14(2)13-24-19(21)12-15-4-6-16(7-5-15)17-8-10-18(11-9-17)20(22)23-3/h8-11,14-16H,4-7,12-13H2,1-3H3. The SMILES string of the molecule is COC(=O)c1ccc(C2CCC(CC(=O)OCC(C)C)CC2)cc1. The zero-order valence-corrected chi connectivity index (χ0v) is 14.9. The van der Waals surface area contributed by atoms with Crippen LogP contribution in [0.1, 0.15) is 67.8 Å². The normalized spacial score (nSPS) is 20.7. The van der Waals surface area contributed by atoms with Gasteiger partial charge in [-0.1, -0.05) is 26.0 Å². The maximum absolute atomic E-state index is 11.8. The average Bonchev–Trinajstić information content (AvgIpc) is 2.60. The smallest absolute Gasteiger partial charge is 0.337 e. The summed E-state index contributed by atoms with van der Waals surface area (Å²) in [4.78, 5) is 23.3. The third-order valence-electron chi connectivity index (χ3n) is 4.68. The van der Waals surface area contributed by atoms with Crippen LogP contribution >= 0.6 is 0 Å². The highest BCUT2D eigenvalue weighted by Crippen LogP contribution is 2.37. The van der Waals surface area contributed by atoms with Crippen LogP contribution in [-0.4, -0.2) is 25.7 Å². The van der Waals surface area contributed by atoms with E-state index < -0.39 is 0 Å². The molecule has 2 rings (SSSR count). The van der Waals surface area contributed by atoms with E-state index in [0.29, 0.717) is 36.3 Å². The van der Waals surface area contributed by atoms with E-state index in [1.54, 1.807) is 0 Å². The van der Waals surface area contributed by atoms with Crippen LogP contribution in [0.5, 0.6) is 0 Å². The molecule has 0 radical (unpaired) electrons. The summed E-state index contributed by atoms with van der Waals surface area (Å²) in [7, 11) is 1.39. The van der Waals surface area contributed by atoms with Gasteiger partial charge in [0, 0.05) is 6.42 Å². The van der Waals surface area contributed by atoms with Crippen molar-refractivity contribution in [3.63, 3.8) is 0 Å². The van der Waals surface area contributed by atoms with Crippen LogP contribution in [0.15, 0.2) is 24.3 Å². The molecular weight excluding hydrogens is 304 g/mol. The molecule has 0 amide bonds. The Morgan fingerprint density at radius 1 is 1.08 bits per heavy atom. The van der Waals surface area contributed by atoms with Crippen molar-refractivity contribution in [2.24, 2.45) is 11.8 Å². The van der Waals surface area contributed by atoms with Gasteiger partial charge in [0.1, 0.15) is 0 Å². The number of benzene rings is 1. The molecule has 0 unspecified atom stereocenters. The van der Waals surface area contributed by atoms with Gasteiger partial charge in [0.2, 0.25) is 0 Å². The number of ether oxygens (including phenoxy) is 2. The molecule has 0 N–H and O–H groups in total. The van der Waals surface area contributed by atoms with Crippen LogP contribution in [0.3, 0.4) is 0 Å². The van der Waals surface area contributed by atoms with Crippen LogP contribution in [0.2, 0.25) is 0 Å². The number of esters is 2. The highest BCUT2D eigenvalue weighted by atomic mass is 16.5. The van der Waals surface area contributed by atoms with Crippen molar-refractivity contribution in [2.75, 3.05) is 13.7 Å². The Morgan fingerprint density at radius 2 is 1.71 bits per heavy atom. The maximum atomic E-state index is 11.8. The highest BCUT2D eigenvalue weighted by molar-refractivity contribution is 5.89. The molecule has 0 bridgehead atoms. The second-order valence-electron chi connectivity index (χ2n) is 7.11. The first-order valence-corrected chi connectivity index (χ1v) is 8.83. The van der Waals surface area contributed by atoms with Gasteiger partial charge in [-0.15, -0.1) is 0 Å². The lowest BCUT2D eigenvalue weighted by atomic mass is 9.77. The molecule has 1 aliphatic rings. The van der Waals surface area contributed by atoms with Gasteiger partial charge in [-0.2, -0.15) is 0 Å². The van der Waals surface area contributed by atoms with Gasteiger partial charge in [0.25, 0.3) is 0 Å². The van der Waals surface area contributed by atoms with E-state index in [2.05, 4.69) is 0 Å². The summed E-state index contributed by atoms with van der Waals surface area (Å²) in [6, 6.07) is 7.70. The van der Waals surface area contributed by atoms with Gasteiger partial charge in [-0.3, -0.25) is 4.79 Å². The lowest BCUT2D eigenvalue weighted by molar-refractivity contribution is -0.146. The van der Waals surface area contributed by atoms with E-state index in [1.165, 1.54) is 12.7 Å². The molecule has 0 aromatic heterocycles. The van der Waals surface area contributed by atoms with Gasteiger partial charge >= 0.3 is 11.9 Å². The van der Waals surface area contributed by atoms with Gasteiger partial charge in [-0.05, 0) is 61.1 Å². The Labute approximate surface area is 144 Å². The average molecular weight is 332 g/mol. The van der Waals surface area contributed by atoms with E-state index in [9.17, 15) is 9.59 Å². The van der Waals surface area contributed by atoms with E-state index in [0.717, 1.165) is 25.7 Å². The Bertz CT molecular complexity index is 539. The third kappa shape index (κ3) is 5.36. The number of hydrogen-bond acceptors (Lipinski definition) is 4. The fraction of sp³-hybridized carbons (Fsp3) is 0.600. The minimum atomic E-state index is -0.301. The minimum absolute atomic E-state index is 0.0606. The summed E-state index contributed by atoms with van der Waals surface area (Å²) in [6.45, 7) is 4.61. The van der Waals surface area contributed by atoms with Gasteiger partial charge in [0.05, 0.1) is 19.3 Å². The predicted octanol–water partition coefficient (Wildman–Crippen LogP) is 4.34. The Balaban J connectivity index is 1.80. The van der Waals surface area contributed by atoms with Crippen molar-refractivity contribution in [3.8, 4) is 0 Å². The second-order valence-corrected chi connectivity index (χ2v) is 7.11. The zero-order valence-electron chi connectivity index (χ0n) is 14.9. The molecule has 0 atom stereocenters. The van der Waals surface area contributed by atoms with Crippen molar-refractivity contribution < 1.29 is 19.1 Å². The van der Waals surface area contributed by atoms with E-state index in [-0.39, 0.29) is 11.9 Å². The number of rotatable bonds is 6.